The van der Waals surface area contributed by atoms with Crippen LogP contribution in [0.5, 0.6) is 0 Å². The predicted octanol–water partition coefficient (Wildman–Crippen LogP) is 4.07. The average molecular weight is 393 g/mol. The van der Waals surface area contributed by atoms with Crippen molar-refractivity contribution < 1.29 is 0 Å². The maximum atomic E-state index is 4.45. The first-order valence-corrected chi connectivity index (χ1v) is 10.1. The molecule has 3 N–H and O–H groups in total. The van der Waals surface area contributed by atoms with E-state index in [0.717, 1.165) is 56.1 Å². The summed E-state index contributed by atoms with van der Waals surface area (Å²) in [5.74, 6) is 1.76. The predicted molar refractivity (Wildman–Crippen MR) is 124 cm³/mol. The quantitative estimate of drug-likeness (QED) is 0.272. The van der Waals surface area contributed by atoms with Crippen molar-refractivity contribution in [3.63, 3.8) is 0 Å². The molecule has 0 aliphatic rings. The van der Waals surface area contributed by atoms with E-state index in [2.05, 4.69) is 43.1 Å². The third kappa shape index (κ3) is 9.55. The van der Waals surface area contributed by atoms with Gasteiger partial charge in [0.05, 0.1) is 0 Å². The van der Waals surface area contributed by atoms with Gasteiger partial charge in [0.15, 0.2) is 0 Å². The Morgan fingerprint density at radius 1 is 1.03 bits per heavy atom. The number of hydrogen-bond donors (Lipinski definition) is 3. The third-order valence-electron chi connectivity index (χ3n) is 4.30. The van der Waals surface area contributed by atoms with Gasteiger partial charge in [0, 0.05) is 51.0 Å². The van der Waals surface area contributed by atoms with Crippen molar-refractivity contribution in [1.29, 1.82) is 0 Å². The van der Waals surface area contributed by atoms with Gasteiger partial charge in [-0.3, -0.25) is 9.98 Å². The number of allylic oxidation sites excluding steroid dienone is 4. The van der Waals surface area contributed by atoms with Crippen LogP contribution in [0.2, 0.25) is 0 Å². The molecule has 0 atom stereocenters. The first kappa shape index (κ1) is 22.1. The molecule has 0 aromatic carbocycles. The van der Waals surface area contributed by atoms with Gasteiger partial charge in [0.1, 0.15) is 11.6 Å². The highest BCUT2D eigenvalue weighted by molar-refractivity contribution is 5.71. The van der Waals surface area contributed by atoms with Crippen LogP contribution in [0.1, 0.15) is 25.0 Å². The number of nitrogens with one attached hydrogen (secondary N) is 3. The third-order valence-corrected chi connectivity index (χ3v) is 4.30. The Labute approximate surface area is 174 Å². The molecule has 0 aliphatic heterocycles. The maximum Gasteiger partial charge on any atom is 0.128 e. The molecule has 0 amide bonds. The Bertz CT molecular complexity index is 783. The average Bonchev–Trinajstić information content (AvgIpc) is 2.77. The smallest absolute Gasteiger partial charge is 0.128 e. The molecule has 0 radical (unpaired) electrons. The molecule has 0 fully saturated rings. The minimum atomic E-state index is 0.817. The van der Waals surface area contributed by atoms with Gasteiger partial charge in [-0.15, -0.1) is 0 Å². The summed E-state index contributed by atoms with van der Waals surface area (Å²) in [5, 5.41) is 9.66. The van der Waals surface area contributed by atoms with Crippen molar-refractivity contribution in [2.75, 3.05) is 37.8 Å². The fourth-order valence-corrected chi connectivity index (χ4v) is 2.71. The molecule has 154 valence electrons. The van der Waals surface area contributed by atoms with Gasteiger partial charge in [0.2, 0.25) is 0 Å². The lowest BCUT2D eigenvalue weighted by molar-refractivity contribution is 0.786. The maximum absolute atomic E-state index is 4.45. The lowest BCUT2D eigenvalue weighted by Crippen LogP contribution is -2.09. The van der Waals surface area contributed by atoms with Crippen LogP contribution in [0, 0.1) is 0 Å². The van der Waals surface area contributed by atoms with Crippen molar-refractivity contribution in [3.8, 4) is 0 Å². The Morgan fingerprint density at radius 3 is 2.72 bits per heavy atom. The molecule has 6 nitrogen and oxygen atoms in total. The summed E-state index contributed by atoms with van der Waals surface area (Å²) in [6.45, 7) is 1.69. The molecule has 2 aromatic heterocycles. The van der Waals surface area contributed by atoms with E-state index in [1.807, 2.05) is 69.0 Å². The molecular weight excluding hydrogens is 360 g/mol. The fourth-order valence-electron chi connectivity index (χ4n) is 2.71. The molecule has 2 aromatic rings. The van der Waals surface area contributed by atoms with Crippen LogP contribution in [0.3, 0.4) is 0 Å². The normalized spacial score (nSPS) is 11.9. The summed E-state index contributed by atoms with van der Waals surface area (Å²) in [5.41, 5.74) is 2.32. The lowest BCUT2D eigenvalue weighted by atomic mass is 10.2. The van der Waals surface area contributed by atoms with Gasteiger partial charge in [-0.05, 0) is 62.1 Å². The number of anilines is 2. The van der Waals surface area contributed by atoms with Gasteiger partial charge in [-0.25, -0.2) is 4.98 Å². The molecular formula is C23H32N6. The first-order valence-electron chi connectivity index (χ1n) is 10.1. The Balaban J connectivity index is 1.61. The second kappa shape index (κ2) is 13.9. The van der Waals surface area contributed by atoms with E-state index in [4.69, 9.17) is 0 Å². The van der Waals surface area contributed by atoms with Crippen LogP contribution in [0.4, 0.5) is 11.6 Å². The largest absolute Gasteiger partial charge is 0.391 e. The van der Waals surface area contributed by atoms with Gasteiger partial charge >= 0.3 is 0 Å². The Hall–Kier alpha value is -3.15. The second-order valence-corrected chi connectivity index (χ2v) is 6.50. The van der Waals surface area contributed by atoms with Crippen molar-refractivity contribution in [3.05, 3.63) is 72.2 Å². The number of aromatic nitrogens is 2. The summed E-state index contributed by atoms with van der Waals surface area (Å²) in [7, 11) is 3.83. The number of pyridine rings is 2. The van der Waals surface area contributed by atoms with E-state index in [1.165, 1.54) is 5.70 Å². The molecule has 29 heavy (non-hydrogen) atoms. The van der Waals surface area contributed by atoms with Crippen molar-refractivity contribution in [2.24, 2.45) is 4.99 Å². The van der Waals surface area contributed by atoms with Crippen molar-refractivity contribution >= 4 is 17.9 Å². The monoisotopic (exact) mass is 392 g/mol. The van der Waals surface area contributed by atoms with Crippen LogP contribution < -0.4 is 16.0 Å². The highest BCUT2D eigenvalue weighted by atomic mass is 15.0. The molecule has 0 spiro atoms. The summed E-state index contributed by atoms with van der Waals surface area (Å²) in [6, 6.07) is 11.9. The highest BCUT2D eigenvalue weighted by Gasteiger charge is 1.97. The number of hydrogen-bond acceptors (Lipinski definition) is 6. The zero-order chi connectivity index (χ0) is 20.6. The molecule has 0 unspecified atom stereocenters. The Kier molecular flexibility index (Phi) is 10.6. The molecule has 2 rings (SSSR count). The van der Waals surface area contributed by atoms with Gasteiger partial charge in [0.25, 0.3) is 0 Å². The van der Waals surface area contributed by atoms with E-state index in [9.17, 15) is 0 Å². The van der Waals surface area contributed by atoms with Crippen molar-refractivity contribution in [2.45, 2.75) is 25.7 Å². The van der Waals surface area contributed by atoms with Crippen LogP contribution in [-0.4, -0.2) is 43.4 Å². The van der Waals surface area contributed by atoms with Gasteiger partial charge in [-0.1, -0.05) is 18.2 Å². The molecule has 0 aliphatic carbocycles. The SMILES string of the molecule is CNC(=CC=CC=NCCCc1ccccn1)CCCNc1cccc(NC)n1. The summed E-state index contributed by atoms with van der Waals surface area (Å²) >= 11 is 0. The number of nitrogens with zero attached hydrogens (tertiary/aromatic N) is 3. The molecule has 2 heterocycles. The number of aliphatic imine (C=N–C) groups is 1. The van der Waals surface area contributed by atoms with E-state index >= 15 is 0 Å². The van der Waals surface area contributed by atoms with E-state index in [-0.39, 0.29) is 0 Å². The number of aryl methyl sites for hydroxylation is 1. The summed E-state index contributed by atoms with van der Waals surface area (Å²) < 4.78 is 0. The molecule has 6 heteroatoms. The lowest BCUT2D eigenvalue weighted by Gasteiger charge is -2.09. The first-order chi connectivity index (χ1) is 14.3. The standard InChI is InChI=1S/C23H32N6/c1-24-20(12-9-19-28-23-15-7-14-22(25-2)29-23)10-3-5-16-26-17-8-13-21-11-4-6-18-27-21/h3-7,10-11,14-16,18,24H,8-9,12-13,17,19H2,1-2H3,(H2,25,28,29). The summed E-state index contributed by atoms with van der Waals surface area (Å²) in [6.07, 6.45) is 13.8. The minimum absolute atomic E-state index is 0.817. The Morgan fingerprint density at radius 2 is 1.93 bits per heavy atom. The van der Waals surface area contributed by atoms with E-state index < -0.39 is 0 Å². The topological polar surface area (TPSA) is 74.2 Å². The minimum Gasteiger partial charge on any atom is -0.391 e. The second-order valence-electron chi connectivity index (χ2n) is 6.50. The number of rotatable bonds is 13. The van der Waals surface area contributed by atoms with Gasteiger partial charge in [-0.2, -0.15) is 0 Å². The van der Waals surface area contributed by atoms with Crippen LogP contribution in [0.15, 0.2) is 71.5 Å². The molecule has 0 saturated carbocycles. The zero-order valence-corrected chi connectivity index (χ0v) is 17.4. The molecule has 0 bridgehead atoms. The molecule has 0 saturated heterocycles. The van der Waals surface area contributed by atoms with E-state index in [0.29, 0.717) is 0 Å². The zero-order valence-electron chi connectivity index (χ0n) is 17.4. The van der Waals surface area contributed by atoms with Crippen LogP contribution in [0.25, 0.3) is 0 Å². The van der Waals surface area contributed by atoms with Crippen LogP contribution >= 0.6 is 0 Å². The summed E-state index contributed by atoms with van der Waals surface area (Å²) in [4.78, 5) is 13.2. The van der Waals surface area contributed by atoms with Crippen LogP contribution in [-0.2, 0) is 6.42 Å². The highest BCUT2D eigenvalue weighted by Crippen LogP contribution is 2.09. The van der Waals surface area contributed by atoms with Gasteiger partial charge < -0.3 is 16.0 Å². The van der Waals surface area contributed by atoms with E-state index in [1.54, 1.807) is 0 Å². The fraction of sp³-hybridized carbons (Fsp3) is 0.348. The van der Waals surface area contributed by atoms with Crippen molar-refractivity contribution in [1.82, 2.24) is 15.3 Å².